The molecule has 3 rings (SSSR count). The van der Waals surface area contributed by atoms with Gasteiger partial charge in [-0.05, 0) is 55.1 Å². The number of carbonyl (C=O) groups excluding carboxylic acids is 3. The van der Waals surface area contributed by atoms with Crippen molar-refractivity contribution in [2.75, 3.05) is 29.6 Å². The lowest BCUT2D eigenvalue weighted by Crippen LogP contribution is -2.38. The number of anilines is 2. The molecule has 1 aliphatic rings. The van der Waals surface area contributed by atoms with Crippen molar-refractivity contribution in [3.05, 3.63) is 54.6 Å². The first-order chi connectivity index (χ1) is 14.0. The van der Waals surface area contributed by atoms with Gasteiger partial charge in [-0.15, -0.1) is 0 Å². The lowest BCUT2D eigenvalue weighted by atomic mass is 10.2. The van der Waals surface area contributed by atoms with E-state index in [4.69, 9.17) is 4.74 Å². The summed E-state index contributed by atoms with van der Waals surface area (Å²) >= 11 is 0.846. The second-order valence-electron chi connectivity index (χ2n) is 6.28. The van der Waals surface area contributed by atoms with Crippen LogP contribution in [0.15, 0.2) is 54.6 Å². The quantitative estimate of drug-likeness (QED) is 0.714. The van der Waals surface area contributed by atoms with Crippen molar-refractivity contribution < 1.29 is 24.2 Å². The minimum atomic E-state index is -0.800. The average molecular weight is 414 g/mol. The number of aliphatic hydroxyl groups excluding tert-OH is 1. The molecular formula is C21H22N2O5S. The van der Waals surface area contributed by atoms with Gasteiger partial charge in [0.05, 0.1) is 18.9 Å². The predicted molar refractivity (Wildman–Crippen MR) is 112 cm³/mol. The van der Waals surface area contributed by atoms with Crippen molar-refractivity contribution in [3.63, 3.8) is 0 Å². The smallest absolute Gasteiger partial charge is 0.293 e. The Hall–Kier alpha value is -2.84. The molecule has 1 atom stereocenters. The Bertz CT molecular complexity index is 872. The van der Waals surface area contributed by atoms with Crippen molar-refractivity contribution in [2.24, 2.45) is 0 Å². The first kappa shape index (κ1) is 20.9. The molecule has 3 amide bonds. The number of amides is 3. The average Bonchev–Trinajstić information content (AvgIpc) is 3.00. The van der Waals surface area contributed by atoms with Crippen LogP contribution in [-0.2, 0) is 9.59 Å². The van der Waals surface area contributed by atoms with Crippen molar-refractivity contribution in [3.8, 4) is 5.75 Å². The van der Waals surface area contributed by atoms with Crippen LogP contribution in [0.5, 0.6) is 5.75 Å². The number of imide groups is 1. The van der Waals surface area contributed by atoms with Crippen LogP contribution in [0.4, 0.5) is 16.2 Å². The molecule has 2 aromatic carbocycles. The van der Waals surface area contributed by atoms with E-state index in [9.17, 15) is 19.5 Å². The first-order valence-electron chi connectivity index (χ1n) is 9.29. The summed E-state index contributed by atoms with van der Waals surface area (Å²) in [5, 5.41) is 8.10. The summed E-state index contributed by atoms with van der Waals surface area (Å²) in [6.07, 6.45) is -0.127. The number of hydrogen-bond donors (Lipinski definition) is 1. The number of hydrogen-bond acceptors (Lipinski definition) is 6. The van der Waals surface area contributed by atoms with E-state index in [0.717, 1.165) is 16.7 Å². The van der Waals surface area contributed by atoms with Crippen LogP contribution in [-0.4, -0.2) is 47.2 Å². The van der Waals surface area contributed by atoms with Gasteiger partial charge in [-0.1, -0.05) is 18.2 Å². The highest BCUT2D eigenvalue weighted by molar-refractivity contribution is 8.15. The molecule has 1 heterocycles. The molecule has 1 fully saturated rings. The number of benzene rings is 2. The Morgan fingerprint density at radius 2 is 1.83 bits per heavy atom. The third kappa shape index (κ3) is 4.78. The zero-order valence-corrected chi connectivity index (χ0v) is 16.8. The van der Waals surface area contributed by atoms with E-state index in [1.807, 2.05) is 13.0 Å². The third-order valence-electron chi connectivity index (χ3n) is 4.38. The Morgan fingerprint density at radius 1 is 1.14 bits per heavy atom. The summed E-state index contributed by atoms with van der Waals surface area (Å²) in [5.74, 6) is -0.0933. The van der Waals surface area contributed by atoms with E-state index in [-0.39, 0.29) is 25.5 Å². The van der Waals surface area contributed by atoms with E-state index in [2.05, 4.69) is 0 Å². The fourth-order valence-corrected chi connectivity index (χ4v) is 4.03. The van der Waals surface area contributed by atoms with E-state index in [1.165, 1.54) is 4.90 Å². The van der Waals surface area contributed by atoms with Gasteiger partial charge in [0.2, 0.25) is 11.8 Å². The standard InChI is InChI=1S/C21H22N2O5S/c1-2-28-17-10-8-16(9-11-17)23-20(26)18(29-21(23)27)14-19(25)22(12-13-24)15-6-4-3-5-7-15/h3-11,18,24H,2,12-14H2,1H3. The monoisotopic (exact) mass is 414 g/mol. The minimum Gasteiger partial charge on any atom is -0.494 e. The highest BCUT2D eigenvalue weighted by Crippen LogP contribution is 2.34. The van der Waals surface area contributed by atoms with Crippen molar-refractivity contribution in [1.82, 2.24) is 0 Å². The Kier molecular flexibility index (Phi) is 6.90. The number of thioether (sulfide) groups is 1. The van der Waals surface area contributed by atoms with Gasteiger partial charge in [0.25, 0.3) is 5.24 Å². The normalized spacial score (nSPS) is 16.2. The fraction of sp³-hybridized carbons (Fsp3) is 0.286. The largest absolute Gasteiger partial charge is 0.494 e. The summed E-state index contributed by atoms with van der Waals surface area (Å²) in [4.78, 5) is 40.6. The van der Waals surface area contributed by atoms with Gasteiger partial charge in [0.1, 0.15) is 11.0 Å². The number of aliphatic hydroxyl groups is 1. The highest BCUT2D eigenvalue weighted by atomic mass is 32.2. The van der Waals surface area contributed by atoms with E-state index < -0.39 is 16.4 Å². The molecule has 1 saturated heterocycles. The predicted octanol–water partition coefficient (Wildman–Crippen LogP) is 3.07. The van der Waals surface area contributed by atoms with Gasteiger partial charge < -0.3 is 14.7 Å². The molecule has 1 aliphatic heterocycles. The molecule has 1 unspecified atom stereocenters. The molecule has 0 saturated carbocycles. The van der Waals surface area contributed by atoms with Gasteiger partial charge >= 0.3 is 0 Å². The molecule has 7 nitrogen and oxygen atoms in total. The molecule has 0 bridgehead atoms. The summed E-state index contributed by atoms with van der Waals surface area (Å²) in [5.41, 5.74) is 1.08. The molecule has 152 valence electrons. The minimum absolute atomic E-state index is 0.116. The lowest BCUT2D eigenvalue weighted by molar-refractivity contribution is -0.122. The molecule has 0 aliphatic carbocycles. The summed E-state index contributed by atoms with van der Waals surface area (Å²) in [6.45, 7) is 2.30. The molecule has 1 N–H and O–H groups in total. The Morgan fingerprint density at radius 3 is 2.45 bits per heavy atom. The zero-order valence-electron chi connectivity index (χ0n) is 16.0. The zero-order chi connectivity index (χ0) is 20.8. The molecule has 0 radical (unpaired) electrons. The van der Waals surface area contributed by atoms with Crippen LogP contribution in [0.1, 0.15) is 13.3 Å². The molecular weight excluding hydrogens is 392 g/mol. The topological polar surface area (TPSA) is 87.2 Å². The number of para-hydroxylation sites is 1. The Labute approximate surface area is 173 Å². The maximum absolute atomic E-state index is 12.8. The summed E-state index contributed by atoms with van der Waals surface area (Å²) in [6, 6.07) is 15.6. The van der Waals surface area contributed by atoms with Gasteiger partial charge in [0.15, 0.2) is 0 Å². The number of ether oxygens (including phenoxy) is 1. The molecule has 0 aromatic heterocycles. The van der Waals surface area contributed by atoms with Crippen molar-refractivity contribution in [1.29, 1.82) is 0 Å². The van der Waals surface area contributed by atoms with Crippen LogP contribution in [0, 0.1) is 0 Å². The first-order valence-corrected chi connectivity index (χ1v) is 10.2. The SMILES string of the molecule is CCOc1ccc(N2C(=O)SC(CC(=O)N(CCO)c3ccccc3)C2=O)cc1. The second-order valence-corrected chi connectivity index (χ2v) is 7.44. The third-order valence-corrected chi connectivity index (χ3v) is 5.42. The number of carbonyl (C=O) groups is 3. The highest BCUT2D eigenvalue weighted by Gasteiger charge is 2.42. The van der Waals surface area contributed by atoms with Crippen LogP contribution < -0.4 is 14.5 Å². The number of nitrogens with zero attached hydrogens (tertiary/aromatic N) is 2. The molecule has 8 heteroatoms. The van der Waals surface area contributed by atoms with Gasteiger partial charge in [0, 0.05) is 18.7 Å². The van der Waals surface area contributed by atoms with Crippen LogP contribution >= 0.6 is 11.8 Å². The summed E-state index contributed by atoms with van der Waals surface area (Å²) < 4.78 is 5.38. The van der Waals surface area contributed by atoms with Gasteiger partial charge in [-0.3, -0.25) is 14.4 Å². The van der Waals surface area contributed by atoms with Crippen molar-refractivity contribution >= 4 is 40.2 Å². The Balaban J connectivity index is 1.72. The molecule has 0 spiro atoms. The van der Waals surface area contributed by atoms with E-state index >= 15 is 0 Å². The second kappa shape index (κ2) is 9.58. The van der Waals surface area contributed by atoms with Gasteiger partial charge in [-0.25, -0.2) is 4.90 Å². The molecule has 29 heavy (non-hydrogen) atoms. The van der Waals surface area contributed by atoms with Crippen LogP contribution in [0.3, 0.4) is 0 Å². The maximum Gasteiger partial charge on any atom is 0.293 e. The fourth-order valence-electron chi connectivity index (χ4n) is 3.05. The van der Waals surface area contributed by atoms with Crippen LogP contribution in [0.25, 0.3) is 0 Å². The maximum atomic E-state index is 12.8. The molecule has 2 aromatic rings. The summed E-state index contributed by atoms with van der Waals surface area (Å²) in [7, 11) is 0. The van der Waals surface area contributed by atoms with Crippen LogP contribution in [0.2, 0.25) is 0 Å². The number of rotatable bonds is 8. The van der Waals surface area contributed by atoms with E-state index in [0.29, 0.717) is 23.7 Å². The van der Waals surface area contributed by atoms with E-state index in [1.54, 1.807) is 48.5 Å². The van der Waals surface area contributed by atoms with Gasteiger partial charge in [-0.2, -0.15) is 0 Å². The lowest BCUT2D eigenvalue weighted by Gasteiger charge is -2.23. The van der Waals surface area contributed by atoms with Crippen molar-refractivity contribution in [2.45, 2.75) is 18.6 Å².